The van der Waals surface area contributed by atoms with E-state index < -0.39 is 0 Å². The first-order valence-corrected chi connectivity index (χ1v) is 12.7. The first-order chi connectivity index (χ1) is 18.7. The van der Waals surface area contributed by atoms with Crippen molar-refractivity contribution in [3.05, 3.63) is 105 Å². The van der Waals surface area contributed by atoms with Crippen LogP contribution in [0.2, 0.25) is 0 Å². The van der Waals surface area contributed by atoms with Gasteiger partial charge in [-0.1, -0.05) is 59.7 Å². The number of hydrogen-bond donors (Lipinski definition) is 0. The van der Waals surface area contributed by atoms with Crippen LogP contribution in [0.5, 0.6) is 0 Å². The second-order valence-corrected chi connectivity index (χ2v) is 9.83. The molecule has 0 saturated heterocycles. The third-order valence-corrected chi connectivity index (χ3v) is 7.13. The number of benzene rings is 2. The molecule has 0 radical (unpaired) electrons. The zero-order valence-electron chi connectivity index (χ0n) is 22.9. The number of furan rings is 2. The predicted molar refractivity (Wildman–Crippen MR) is 153 cm³/mol. The van der Waals surface area contributed by atoms with Crippen LogP contribution in [0.4, 0.5) is 5.88 Å². The van der Waals surface area contributed by atoms with E-state index in [9.17, 15) is 10.5 Å². The molecule has 3 aromatic heterocycles. The summed E-state index contributed by atoms with van der Waals surface area (Å²) in [4.78, 5) is 4.67. The van der Waals surface area contributed by atoms with E-state index in [0.29, 0.717) is 28.5 Å². The maximum absolute atomic E-state index is 10.2. The fourth-order valence-corrected chi connectivity index (χ4v) is 4.77. The molecule has 0 bridgehead atoms. The van der Waals surface area contributed by atoms with Crippen molar-refractivity contribution in [3.8, 4) is 40.5 Å². The molecule has 0 spiro atoms. The Morgan fingerprint density at radius 2 is 1.36 bits per heavy atom. The van der Waals surface area contributed by atoms with Gasteiger partial charge in [0, 0.05) is 39.9 Å². The van der Waals surface area contributed by atoms with Gasteiger partial charge < -0.3 is 8.83 Å². The molecule has 3 heterocycles. The Hall–Kier alpha value is -5.07. The number of aliphatic imine (C=N–C) groups is 1. The summed E-state index contributed by atoms with van der Waals surface area (Å²) in [6.07, 6.45) is 1.70. The summed E-state index contributed by atoms with van der Waals surface area (Å²) in [7, 11) is 0. The third kappa shape index (κ3) is 4.47. The fraction of sp³-hybridized carbons (Fsp3) is 0.182. The lowest BCUT2D eigenvalue weighted by atomic mass is 9.97. The minimum absolute atomic E-state index is 0.246. The lowest BCUT2D eigenvalue weighted by Gasteiger charge is -2.06. The van der Waals surface area contributed by atoms with E-state index >= 15 is 0 Å². The topological polar surface area (TPSA) is 91.2 Å². The van der Waals surface area contributed by atoms with Crippen LogP contribution in [-0.4, -0.2) is 10.8 Å². The molecule has 0 aliphatic rings. The van der Waals surface area contributed by atoms with Gasteiger partial charge in [-0.05, 0) is 53.2 Å². The molecular formula is C33H28N4O2. The number of nitriles is 2. The number of aromatic nitrogens is 1. The lowest BCUT2D eigenvalue weighted by molar-refractivity contribution is 0.503. The van der Waals surface area contributed by atoms with Gasteiger partial charge in [0.15, 0.2) is 0 Å². The summed E-state index contributed by atoms with van der Waals surface area (Å²) in [5, 5.41) is 19.9. The van der Waals surface area contributed by atoms with Gasteiger partial charge in [0.1, 0.15) is 34.8 Å². The maximum atomic E-state index is 10.2. The Kier molecular flexibility index (Phi) is 6.56. The largest absolute Gasteiger partial charge is 0.443 e. The molecule has 0 fully saturated rings. The van der Waals surface area contributed by atoms with Gasteiger partial charge in [-0.3, -0.25) is 4.57 Å². The van der Waals surface area contributed by atoms with Crippen molar-refractivity contribution < 1.29 is 8.83 Å². The Balaban J connectivity index is 1.64. The first-order valence-electron chi connectivity index (χ1n) is 12.7. The van der Waals surface area contributed by atoms with Gasteiger partial charge in [-0.15, -0.1) is 0 Å². The number of rotatable bonds is 5. The summed E-state index contributed by atoms with van der Waals surface area (Å²) < 4.78 is 14.2. The highest BCUT2D eigenvalue weighted by molar-refractivity contribution is 5.90. The summed E-state index contributed by atoms with van der Waals surface area (Å²) in [5.74, 6) is 2.07. The summed E-state index contributed by atoms with van der Waals surface area (Å²) >= 11 is 0. The van der Waals surface area contributed by atoms with Crippen molar-refractivity contribution in [3.63, 3.8) is 0 Å². The third-order valence-electron chi connectivity index (χ3n) is 7.13. The van der Waals surface area contributed by atoms with Gasteiger partial charge in [-0.25, -0.2) is 4.99 Å². The van der Waals surface area contributed by atoms with Crippen LogP contribution in [0.25, 0.3) is 28.3 Å². The molecule has 0 aliphatic carbocycles. The van der Waals surface area contributed by atoms with Gasteiger partial charge in [-0.2, -0.15) is 10.5 Å². The van der Waals surface area contributed by atoms with Crippen LogP contribution in [-0.2, 0) is 0 Å². The molecule has 192 valence electrons. The minimum Gasteiger partial charge on any atom is -0.443 e. The van der Waals surface area contributed by atoms with Crippen molar-refractivity contribution in [1.82, 2.24) is 4.57 Å². The van der Waals surface area contributed by atoms with Gasteiger partial charge in [0.25, 0.3) is 0 Å². The molecule has 2 aromatic carbocycles. The van der Waals surface area contributed by atoms with E-state index in [2.05, 4.69) is 17.1 Å². The van der Waals surface area contributed by atoms with Crippen LogP contribution in [0.15, 0.2) is 68.4 Å². The van der Waals surface area contributed by atoms with E-state index in [1.165, 1.54) is 0 Å². The van der Waals surface area contributed by atoms with Crippen molar-refractivity contribution in [2.45, 2.75) is 41.5 Å². The second-order valence-electron chi connectivity index (χ2n) is 9.83. The highest BCUT2D eigenvalue weighted by atomic mass is 16.4. The summed E-state index contributed by atoms with van der Waals surface area (Å²) in [6.45, 7) is 11.7. The lowest BCUT2D eigenvalue weighted by Crippen LogP contribution is -2.00. The Morgan fingerprint density at radius 1 is 0.769 bits per heavy atom. The normalized spacial score (nSPS) is 11.2. The predicted octanol–water partition coefficient (Wildman–Crippen LogP) is 8.34. The quantitative estimate of drug-likeness (QED) is 0.221. The molecule has 0 atom stereocenters. The molecule has 6 nitrogen and oxygen atoms in total. The van der Waals surface area contributed by atoms with Crippen molar-refractivity contribution in [1.29, 1.82) is 10.5 Å². The number of nitrogens with zero attached hydrogens (tertiary/aromatic N) is 4. The average molecular weight is 513 g/mol. The zero-order valence-corrected chi connectivity index (χ0v) is 22.9. The highest BCUT2D eigenvalue weighted by Gasteiger charge is 2.24. The number of aryl methyl sites for hydroxylation is 4. The van der Waals surface area contributed by atoms with Crippen LogP contribution in [0.1, 0.15) is 50.5 Å². The van der Waals surface area contributed by atoms with E-state index in [-0.39, 0.29) is 5.88 Å². The fourth-order valence-electron chi connectivity index (χ4n) is 4.77. The first kappa shape index (κ1) is 25.6. The van der Waals surface area contributed by atoms with Crippen molar-refractivity contribution >= 4 is 12.1 Å². The summed E-state index contributed by atoms with van der Waals surface area (Å²) in [5.41, 5.74) is 9.08. The molecule has 0 N–H and O–H groups in total. The SMILES string of the molecule is Cc1ccc(-c2oc(N=Cc3cc(C)n(-c4oc(C)c(C)c4C#N)c3C)c(C#N)c2-c2ccc(C)cc2)cc1. The van der Waals surface area contributed by atoms with Gasteiger partial charge >= 0.3 is 0 Å². The van der Waals surface area contributed by atoms with E-state index in [1.807, 2.05) is 101 Å². The minimum atomic E-state index is 0.246. The van der Waals surface area contributed by atoms with Crippen LogP contribution in [0, 0.1) is 64.2 Å². The van der Waals surface area contributed by atoms with Crippen LogP contribution >= 0.6 is 0 Å². The molecule has 5 aromatic rings. The van der Waals surface area contributed by atoms with Crippen molar-refractivity contribution in [2.24, 2.45) is 4.99 Å². The average Bonchev–Trinajstić information content (AvgIpc) is 3.53. The summed E-state index contributed by atoms with van der Waals surface area (Å²) in [6, 6.07) is 22.7. The smallest absolute Gasteiger partial charge is 0.238 e. The molecular weight excluding hydrogens is 484 g/mol. The van der Waals surface area contributed by atoms with Crippen LogP contribution in [0.3, 0.4) is 0 Å². The maximum Gasteiger partial charge on any atom is 0.238 e. The molecule has 0 unspecified atom stereocenters. The monoisotopic (exact) mass is 512 g/mol. The molecule has 39 heavy (non-hydrogen) atoms. The molecule has 0 amide bonds. The Morgan fingerprint density at radius 3 is 1.95 bits per heavy atom. The number of hydrogen-bond acceptors (Lipinski definition) is 5. The van der Waals surface area contributed by atoms with E-state index in [4.69, 9.17) is 8.83 Å². The molecule has 0 aliphatic heterocycles. The van der Waals surface area contributed by atoms with Gasteiger partial charge in [0.2, 0.25) is 11.8 Å². The second kappa shape index (κ2) is 10.0. The molecule has 6 heteroatoms. The Labute approximate surface area is 228 Å². The standard InChI is InChI=1S/C33H28N4O2/c1-19-7-11-25(12-8-19)30-29(17-35)32(39-31(30)26-13-9-20(2)10-14-26)36-18-27-15-21(3)37(23(27)5)33-28(16-34)22(4)24(6)38-33/h7-15,18H,1-6H3. The van der Waals surface area contributed by atoms with Crippen LogP contribution < -0.4 is 0 Å². The zero-order chi connectivity index (χ0) is 27.8. The van der Waals surface area contributed by atoms with Gasteiger partial charge in [0.05, 0.1) is 0 Å². The Bertz CT molecular complexity index is 1810. The van der Waals surface area contributed by atoms with Crippen molar-refractivity contribution in [2.75, 3.05) is 0 Å². The molecule has 0 saturated carbocycles. The highest BCUT2D eigenvalue weighted by Crippen LogP contribution is 2.42. The van der Waals surface area contributed by atoms with E-state index in [0.717, 1.165) is 50.3 Å². The molecule has 5 rings (SSSR count). The van der Waals surface area contributed by atoms with E-state index in [1.54, 1.807) is 6.21 Å².